The van der Waals surface area contributed by atoms with Crippen molar-refractivity contribution in [1.82, 2.24) is 0 Å². The highest BCUT2D eigenvalue weighted by atomic mass is 79.9. The molecule has 0 saturated carbocycles. The average molecular weight is 548 g/mol. The Hall–Kier alpha value is -3.04. The normalized spacial score (nSPS) is 10.5. The lowest BCUT2D eigenvalue weighted by Crippen LogP contribution is -2.15. The summed E-state index contributed by atoms with van der Waals surface area (Å²) in [5.74, 6) is 1.22. The van der Waals surface area contributed by atoms with Crippen LogP contribution in [0.2, 0.25) is 0 Å². The van der Waals surface area contributed by atoms with Crippen LogP contribution in [0.5, 0.6) is 17.2 Å². The van der Waals surface area contributed by atoms with Gasteiger partial charge in [-0.3, -0.25) is 4.79 Å². The SMILES string of the molecule is CCOC(=O)c1c(-c2ccc(OC)cc2)csc1NC(=O)CCc1cc(OC)c(OC)cc1Br. The zero-order valence-electron chi connectivity index (χ0n) is 19.4. The standard InChI is InChI=1S/C25H26BrNO6S/c1-5-33-25(29)23-18(15-6-9-17(30-2)10-7-15)14-34-24(23)27-22(28)11-8-16-12-20(31-3)21(32-4)13-19(16)26/h6-7,9-10,12-14H,5,8,11H2,1-4H3,(H,27,28). The number of hydrogen-bond acceptors (Lipinski definition) is 7. The van der Waals surface area contributed by atoms with Crippen molar-refractivity contribution in [1.29, 1.82) is 0 Å². The molecule has 1 heterocycles. The lowest BCUT2D eigenvalue weighted by molar-refractivity contribution is -0.116. The molecule has 34 heavy (non-hydrogen) atoms. The number of amides is 1. The Morgan fingerprint density at radius 1 is 1.00 bits per heavy atom. The summed E-state index contributed by atoms with van der Waals surface area (Å²) < 4.78 is 22.0. The zero-order valence-corrected chi connectivity index (χ0v) is 21.8. The molecule has 0 saturated heterocycles. The molecule has 0 aliphatic rings. The van der Waals surface area contributed by atoms with E-state index in [-0.39, 0.29) is 18.9 Å². The molecule has 0 atom stereocenters. The van der Waals surface area contributed by atoms with Gasteiger partial charge in [0.1, 0.15) is 16.3 Å². The molecule has 9 heteroatoms. The van der Waals surface area contributed by atoms with E-state index in [4.69, 9.17) is 18.9 Å². The van der Waals surface area contributed by atoms with E-state index in [2.05, 4.69) is 21.2 Å². The highest BCUT2D eigenvalue weighted by molar-refractivity contribution is 9.10. The third-order valence-electron chi connectivity index (χ3n) is 5.10. The third-order valence-corrected chi connectivity index (χ3v) is 6.73. The number of carbonyl (C=O) groups excluding carboxylic acids is 2. The maximum absolute atomic E-state index is 12.8. The summed E-state index contributed by atoms with van der Waals surface area (Å²) in [4.78, 5) is 25.5. The Labute approximate surface area is 211 Å². The van der Waals surface area contributed by atoms with Crippen LogP contribution in [-0.2, 0) is 16.0 Å². The van der Waals surface area contributed by atoms with Gasteiger partial charge in [-0.15, -0.1) is 11.3 Å². The second-order valence-electron chi connectivity index (χ2n) is 7.15. The minimum absolute atomic E-state index is 0.213. The number of ether oxygens (including phenoxy) is 4. The number of esters is 1. The van der Waals surface area contributed by atoms with Crippen molar-refractivity contribution in [2.75, 3.05) is 33.3 Å². The number of halogens is 1. The molecule has 0 spiro atoms. The van der Waals surface area contributed by atoms with Gasteiger partial charge in [0, 0.05) is 21.8 Å². The van der Waals surface area contributed by atoms with E-state index in [1.165, 1.54) is 11.3 Å². The van der Waals surface area contributed by atoms with Crippen LogP contribution in [0.4, 0.5) is 5.00 Å². The maximum Gasteiger partial charge on any atom is 0.341 e. The predicted molar refractivity (Wildman–Crippen MR) is 136 cm³/mol. The Kier molecular flexibility index (Phi) is 8.95. The van der Waals surface area contributed by atoms with Crippen molar-refractivity contribution in [3.63, 3.8) is 0 Å². The Bertz CT molecular complexity index is 1160. The topological polar surface area (TPSA) is 83.1 Å². The van der Waals surface area contributed by atoms with Crippen molar-refractivity contribution < 1.29 is 28.5 Å². The van der Waals surface area contributed by atoms with Crippen molar-refractivity contribution in [3.8, 4) is 28.4 Å². The van der Waals surface area contributed by atoms with Gasteiger partial charge in [-0.25, -0.2) is 4.79 Å². The van der Waals surface area contributed by atoms with Crippen LogP contribution in [0.25, 0.3) is 11.1 Å². The second-order valence-corrected chi connectivity index (χ2v) is 8.88. The summed E-state index contributed by atoms with van der Waals surface area (Å²) in [6, 6.07) is 11.0. The van der Waals surface area contributed by atoms with Crippen LogP contribution >= 0.6 is 27.3 Å². The first-order chi connectivity index (χ1) is 16.4. The first kappa shape index (κ1) is 25.6. The van der Waals surface area contributed by atoms with E-state index in [1.54, 1.807) is 28.3 Å². The van der Waals surface area contributed by atoms with Crippen molar-refractivity contribution >= 4 is 44.1 Å². The van der Waals surface area contributed by atoms with E-state index < -0.39 is 5.97 Å². The summed E-state index contributed by atoms with van der Waals surface area (Å²) in [6.07, 6.45) is 0.685. The molecule has 3 aromatic rings. The van der Waals surface area contributed by atoms with Gasteiger partial charge < -0.3 is 24.3 Å². The third kappa shape index (κ3) is 5.90. The number of benzene rings is 2. The van der Waals surface area contributed by atoms with Gasteiger partial charge in [0.15, 0.2) is 11.5 Å². The molecule has 0 aliphatic heterocycles. The number of rotatable bonds is 10. The van der Waals surface area contributed by atoms with Gasteiger partial charge in [-0.2, -0.15) is 0 Å². The fourth-order valence-corrected chi connectivity index (χ4v) is 4.86. The number of carbonyl (C=O) groups is 2. The van der Waals surface area contributed by atoms with Gasteiger partial charge >= 0.3 is 5.97 Å². The quantitative estimate of drug-likeness (QED) is 0.315. The number of anilines is 1. The number of nitrogens with one attached hydrogen (secondary N) is 1. The van der Waals surface area contributed by atoms with Crippen LogP contribution < -0.4 is 19.5 Å². The first-order valence-corrected chi connectivity index (χ1v) is 12.2. The van der Waals surface area contributed by atoms with Gasteiger partial charge in [0.25, 0.3) is 0 Å². The summed E-state index contributed by atoms with van der Waals surface area (Å²) in [5, 5.41) is 5.19. The molecule has 3 rings (SSSR count). The van der Waals surface area contributed by atoms with Crippen LogP contribution in [0, 0.1) is 0 Å². The largest absolute Gasteiger partial charge is 0.497 e. The zero-order chi connectivity index (χ0) is 24.7. The molecule has 7 nitrogen and oxygen atoms in total. The first-order valence-electron chi connectivity index (χ1n) is 10.5. The predicted octanol–water partition coefficient (Wildman–Crippen LogP) is 5.95. The highest BCUT2D eigenvalue weighted by Gasteiger charge is 2.23. The Balaban J connectivity index is 1.80. The molecule has 0 fully saturated rings. The van der Waals surface area contributed by atoms with E-state index in [1.807, 2.05) is 41.8 Å². The lowest BCUT2D eigenvalue weighted by atomic mass is 10.0. The maximum atomic E-state index is 12.8. The molecule has 2 aromatic carbocycles. The number of aryl methyl sites for hydroxylation is 1. The fourth-order valence-electron chi connectivity index (χ4n) is 3.36. The summed E-state index contributed by atoms with van der Waals surface area (Å²) in [5.41, 5.74) is 2.78. The summed E-state index contributed by atoms with van der Waals surface area (Å²) in [6.45, 7) is 1.98. The molecule has 0 radical (unpaired) electrons. The summed E-state index contributed by atoms with van der Waals surface area (Å²) in [7, 11) is 4.73. The van der Waals surface area contributed by atoms with Crippen LogP contribution in [-0.4, -0.2) is 39.8 Å². The van der Waals surface area contributed by atoms with Gasteiger partial charge in [0.2, 0.25) is 5.91 Å². The highest BCUT2D eigenvalue weighted by Crippen LogP contribution is 2.37. The molecule has 1 amide bonds. The molecule has 180 valence electrons. The molecule has 0 aliphatic carbocycles. The molecule has 0 bridgehead atoms. The van der Waals surface area contributed by atoms with Crippen molar-refractivity contribution in [2.45, 2.75) is 19.8 Å². The van der Waals surface area contributed by atoms with Crippen LogP contribution in [0.3, 0.4) is 0 Å². The smallest absolute Gasteiger partial charge is 0.341 e. The minimum atomic E-state index is -0.479. The van der Waals surface area contributed by atoms with E-state index in [0.29, 0.717) is 39.8 Å². The fraction of sp³-hybridized carbons (Fsp3) is 0.280. The van der Waals surface area contributed by atoms with Crippen LogP contribution in [0.1, 0.15) is 29.3 Å². The van der Waals surface area contributed by atoms with Crippen molar-refractivity contribution in [2.24, 2.45) is 0 Å². The lowest BCUT2D eigenvalue weighted by Gasteiger charge is -2.12. The molecule has 1 N–H and O–H groups in total. The molecular weight excluding hydrogens is 522 g/mol. The molecule has 0 unspecified atom stereocenters. The van der Waals surface area contributed by atoms with E-state index in [9.17, 15) is 9.59 Å². The Morgan fingerprint density at radius 3 is 2.29 bits per heavy atom. The van der Waals surface area contributed by atoms with Crippen molar-refractivity contribution in [3.05, 3.63) is 57.4 Å². The molecular formula is C25H26BrNO6S. The Morgan fingerprint density at radius 2 is 1.68 bits per heavy atom. The monoisotopic (exact) mass is 547 g/mol. The van der Waals surface area contributed by atoms with E-state index in [0.717, 1.165) is 15.6 Å². The molecule has 1 aromatic heterocycles. The van der Waals surface area contributed by atoms with E-state index >= 15 is 0 Å². The van der Waals surface area contributed by atoms with Gasteiger partial charge in [-0.05, 0) is 48.7 Å². The number of methoxy groups -OCH3 is 3. The minimum Gasteiger partial charge on any atom is -0.497 e. The van der Waals surface area contributed by atoms with Gasteiger partial charge in [-0.1, -0.05) is 28.1 Å². The second kappa shape index (κ2) is 11.9. The van der Waals surface area contributed by atoms with Crippen LogP contribution in [0.15, 0.2) is 46.3 Å². The summed E-state index contributed by atoms with van der Waals surface area (Å²) >= 11 is 4.81. The number of hydrogen-bond donors (Lipinski definition) is 1. The number of thiophene rings is 1. The van der Waals surface area contributed by atoms with Gasteiger partial charge in [0.05, 0.1) is 27.9 Å². The average Bonchev–Trinajstić information content (AvgIpc) is 3.26.